The first-order chi connectivity index (χ1) is 13.3. The summed E-state index contributed by atoms with van der Waals surface area (Å²) in [5.74, 6) is 0.814. The van der Waals surface area contributed by atoms with Gasteiger partial charge >= 0.3 is 6.03 Å². The Morgan fingerprint density at radius 3 is 2.46 bits per heavy atom. The van der Waals surface area contributed by atoms with Gasteiger partial charge < -0.3 is 30.5 Å². The van der Waals surface area contributed by atoms with Crippen LogP contribution >= 0.6 is 11.6 Å². The van der Waals surface area contributed by atoms with Crippen LogP contribution < -0.4 is 25.4 Å². The van der Waals surface area contributed by atoms with Gasteiger partial charge in [0.2, 0.25) is 5.91 Å². The number of hydrogen-bond acceptors (Lipinski definition) is 5. The van der Waals surface area contributed by atoms with E-state index >= 15 is 0 Å². The van der Waals surface area contributed by atoms with Crippen molar-refractivity contribution in [2.75, 3.05) is 31.4 Å². The number of methoxy groups -OCH3 is 2. The van der Waals surface area contributed by atoms with Crippen LogP contribution in [-0.4, -0.2) is 37.8 Å². The summed E-state index contributed by atoms with van der Waals surface area (Å²) in [4.78, 5) is 23.2. The highest BCUT2D eigenvalue weighted by molar-refractivity contribution is 6.34. The summed E-state index contributed by atoms with van der Waals surface area (Å²) in [5, 5.41) is 18.4. The van der Waals surface area contributed by atoms with E-state index in [9.17, 15) is 14.7 Å². The number of nitrogens with one attached hydrogen (secondary N) is 3. The highest BCUT2D eigenvalue weighted by atomic mass is 35.5. The topological polar surface area (TPSA) is 109 Å². The number of benzene rings is 2. The van der Waals surface area contributed by atoms with E-state index in [1.165, 1.54) is 27.2 Å². The highest BCUT2D eigenvalue weighted by Gasteiger charge is 2.16. The molecule has 0 saturated heterocycles. The van der Waals surface area contributed by atoms with Crippen molar-refractivity contribution in [1.29, 1.82) is 0 Å². The molecule has 0 bridgehead atoms. The SMILES string of the molecule is COc1ccc(OC)c(C(O)CNC(=O)Nc2ccc(NC(C)=O)cc2Cl)c1. The van der Waals surface area contributed by atoms with Crippen molar-refractivity contribution in [3.8, 4) is 11.5 Å². The minimum Gasteiger partial charge on any atom is -0.497 e. The standard InChI is InChI=1S/C19H22ClN3O5/c1-11(24)22-12-4-6-16(15(20)8-12)23-19(26)21-10-17(25)14-9-13(27-2)5-7-18(14)28-3/h4-9,17,25H,10H2,1-3H3,(H,22,24)(H2,21,23,26). The molecule has 0 spiro atoms. The molecule has 2 rings (SSSR count). The van der Waals surface area contributed by atoms with Gasteiger partial charge in [0, 0.05) is 24.7 Å². The van der Waals surface area contributed by atoms with Crippen LogP contribution in [-0.2, 0) is 4.79 Å². The van der Waals surface area contributed by atoms with E-state index in [1.54, 1.807) is 30.3 Å². The van der Waals surface area contributed by atoms with Crippen LogP contribution in [0.4, 0.5) is 16.2 Å². The zero-order valence-electron chi connectivity index (χ0n) is 15.7. The fraction of sp³-hybridized carbons (Fsp3) is 0.263. The fourth-order valence-corrected chi connectivity index (χ4v) is 2.69. The lowest BCUT2D eigenvalue weighted by atomic mass is 10.1. The number of amides is 3. The van der Waals surface area contributed by atoms with Gasteiger partial charge in [0.05, 0.1) is 24.9 Å². The second-order valence-corrected chi connectivity index (χ2v) is 6.24. The summed E-state index contributed by atoms with van der Waals surface area (Å²) in [6.07, 6.45) is -1.01. The number of aliphatic hydroxyl groups is 1. The second-order valence-electron chi connectivity index (χ2n) is 5.83. The first kappa shape index (κ1) is 21.3. The molecule has 9 heteroatoms. The molecule has 3 amide bonds. The number of halogens is 1. The Hall–Kier alpha value is -2.97. The van der Waals surface area contributed by atoms with Gasteiger partial charge in [0.25, 0.3) is 0 Å². The van der Waals surface area contributed by atoms with Gasteiger partial charge in [-0.1, -0.05) is 11.6 Å². The van der Waals surface area contributed by atoms with E-state index in [2.05, 4.69) is 16.0 Å². The van der Waals surface area contributed by atoms with Gasteiger partial charge in [-0.25, -0.2) is 4.79 Å². The summed E-state index contributed by atoms with van der Waals surface area (Å²) in [5.41, 5.74) is 1.37. The molecule has 28 heavy (non-hydrogen) atoms. The Bertz CT molecular complexity index is 859. The van der Waals surface area contributed by atoms with Gasteiger partial charge in [0.1, 0.15) is 17.6 Å². The molecular weight excluding hydrogens is 386 g/mol. The number of rotatable bonds is 7. The van der Waals surface area contributed by atoms with Crippen molar-refractivity contribution in [1.82, 2.24) is 5.32 Å². The quantitative estimate of drug-likeness (QED) is 0.563. The van der Waals surface area contributed by atoms with Crippen molar-refractivity contribution in [3.05, 3.63) is 47.0 Å². The van der Waals surface area contributed by atoms with Crippen molar-refractivity contribution in [2.24, 2.45) is 0 Å². The van der Waals surface area contributed by atoms with Gasteiger partial charge in [0.15, 0.2) is 0 Å². The normalized spacial score (nSPS) is 11.3. The minimum absolute atomic E-state index is 0.0586. The summed E-state index contributed by atoms with van der Waals surface area (Å²) >= 11 is 6.11. The Labute approximate surface area is 167 Å². The van der Waals surface area contributed by atoms with Gasteiger partial charge in [-0.05, 0) is 36.4 Å². The van der Waals surface area contributed by atoms with Crippen LogP contribution in [0.2, 0.25) is 5.02 Å². The summed E-state index contributed by atoms with van der Waals surface area (Å²) in [6.45, 7) is 1.33. The van der Waals surface area contributed by atoms with Gasteiger partial charge in [-0.15, -0.1) is 0 Å². The molecule has 0 aromatic heterocycles. The third kappa shape index (κ3) is 5.77. The van der Waals surface area contributed by atoms with E-state index in [1.807, 2.05) is 0 Å². The minimum atomic E-state index is -1.01. The van der Waals surface area contributed by atoms with Crippen LogP contribution in [0, 0.1) is 0 Å². The third-order valence-corrected chi connectivity index (χ3v) is 4.10. The number of anilines is 2. The van der Waals surface area contributed by atoms with Gasteiger partial charge in [-0.2, -0.15) is 0 Å². The average molecular weight is 408 g/mol. The molecule has 2 aromatic rings. The van der Waals surface area contributed by atoms with Gasteiger partial charge in [-0.3, -0.25) is 4.79 Å². The molecule has 0 fully saturated rings. The Morgan fingerprint density at radius 1 is 1.11 bits per heavy atom. The van der Waals surface area contributed by atoms with Crippen molar-refractivity contribution >= 4 is 34.9 Å². The number of carbonyl (C=O) groups excluding carboxylic acids is 2. The van der Waals surface area contributed by atoms with Crippen LogP contribution in [0.5, 0.6) is 11.5 Å². The van der Waals surface area contributed by atoms with E-state index < -0.39 is 12.1 Å². The predicted octanol–water partition coefficient (Wildman–Crippen LogP) is 3.17. The molecule has 1 unspecified atom stereocenters. The monoisotopic (exact) mass is 407 g/mol. The highest BCUT2D eigenvalue weighted by Crippen LogP contribution is 2.29. The van der Waals surface area contributed by atoms with Crippen molar-refractivity contribution < 1.29 is 24.2 Å². The zero-order valence-corrected chi connectivity index (χ0v) is 16.5. The predicted molar refractivity (Wildman–Crippen MR) is 107 cm³/mol. The Balaban J connectivity index is 1.98. The van der Waals surface area contributed by atoms with E-state index in [-0.39, 0.29) is 17.5 Å². The maximum Gasteiger partial charge on any atom is 0.319 e. The average Bonchev–Trinajstić information content (AvgIpc) is 2.67. The van der Waals surface area contributed by atoms with E-state index in [0.29, 0.717) is 28.4 Å². The first-order valence-electron chi connectivity index (χ1n) is 8.36. The third-order valence-electron chi connectivity index (χ3n) is 3.79. The van der Waals surface area contributed by atoms with Crippen LogP contribution in [0.1, 0.15) is 18.6 Å². The molecule has 0 saturated carbocycles. The maximum absolute atomic E-state index is 12.1. The Morgan fingerprint density at radius 2 is 1.86 bits per heavy atom. The van der Waals surface area contributed by atoms with Crippen LogP contribution in [0.15, 0.2) is 36.4 Å². The number of carbonyl (C=O) groups is 2. The molecule has 2 aromatic carbocycles. The first-order valence-corrected chi connectivity index (χ1v) is 8.73. The number of aliphatic hydroxyl groups excluding tert-OH is 1. The summed E-state index contributed by atoms with van der Waals surface area (Å²) in [7, 11) is 3.01. The summed E-state index contributed by atoms with van der Waals surface area (Å²) < 4.78 is 10.4. The molecule has 4 N–H and O–H groups in total. The molecule has 0 heterocycles. The molecule has 150 valence electrons. The maximum atomic E-state index is 12.1. The van der Waals surface area contributed by atoms with Crippen molar-refractivity contribution in [3.63, 3.8) is 0 Å². The lowest BCUT2D eigenvalue weighted by Gasteiger charge is -2.17. The molecule has 1 atom stereocenters. The lowest BCUT2D eigenvalue weighted by Crippen LogP contribution is -2.32. The molecular formula is C19H22ClN3O5. The molecule has 0 radical (unpaired) electrons. The molecule has 0 aliphatic carbocycles. The smallest absolute Gasteiger partial charge is 0.319 e. The van der Waals surface area contributed by atoms with Crippen LogP contribution in [0.3, 0.4) is 0 Å². The van der Waals surface area contributed by atoms with Crippen LogP contribution in [0.25, 0.3) is 0 Å². The molecule has 0 aliphatic heterocycles. The number of hydrogen-bond donors (Lipinski definition) is 4. The second kappa shape index (κ2) is 9.82. The van der Waals surface area contributed by atoms with E-state index in [0.717, 1.165) is 0 Å². The number of ether oxygens (including phenoxy) is 2. The Kier molecular flexibility index (Phi) is 7.48. The zero-order chi connectivity index (χ0) is 20.7. The summed E-state index contributed by atoms with van der Waals surface area (Å²) in [6, 6.07) is 9.17. The molecule has 8 nitrogen and oxygen atoms in total. The number of urea groups is 1. The van der Waals surface area contributed by atoms with E-state index in [4.69, 9.17) is 21.1 Å². The molecule has 0 aliphatic rings. The largest absolute Gasteiger partial charge is 0.497 e. The van der Waals surface area contributed by atoms with Crippen molar-refractivity contribution in [2.45, 2.75) is 13.0 Å². The lowest BCUT2D eigenvalue weighted by molar-refractivity contribution is -0.114. The fourth-order valence-electron chi connectivity index (χ4n) is 2.46.